The van der Waals surface area contributed by atoms with Gasteiger partial charge in [0, 0.05) is 40.7 Å². The SMILES string of the molecule is COc1ccc2nc3ccc(F)cc3c(Nc3cc(CN4CCCC4)c(O)c(CN4CCCC4)c3)c2c1.Cl. The average Bonchev–Trinajstić information content (AvgIpc) is 3.61. The number of methoxy groups -OCH3 is 1. The van der Waals surface area contributed by atoms with Gasteiger partial charge in [-0.1, -0.05) is 0 Å². The summed E-state index contributed by atoms with van der Waals surface area (Å²) in [5, 5.41) is 16.5. The third-order valence-corrected chi connectivity index (χ3v) is 7.66. The molecule has 0 unspecified atom stereocenters. The Morgan fingerprint density at radius 3 is 1.97 bits per heavy atom. The van der Waals surface area contributed by atoms with Gasteiger partial charge in [0.1, 0.15) is 17.3 Å². The molecule has 2 saturated heterocycles. The number of fused-ring (bicyclic) bond motifs is 2. The summed E-state index contributed by atoms with van der Waals surface area (Å²) in [6.45, 7) is 5.65. The summed E-state index contributed by atoms with van der Waals surface area (Å²) in [7, 11) is 1.64. The molecule has 2 fully saturated rings. The minimum Gasteiger partial charge on any atom is -0.507 e. The van der Waals surface area contributed by atoms with E-state index in [0.717, 1.165) is 65.1 Å². The number of rotatable bonds is 7. The molecule has 6 nitrogen and oxygen atoms in total. The number of likely N-dealkylation sites (tertiary alicyclic amines) is 2. The lowest BCUT2D eigenvalue weighted by atomic mass is 10.0. The topological polar surface area (TPSA) is 60.9 Å². The van der Waals surface area contributed by atoms with Crippen LogP contribution in [0.1, 0.15) is 36.8 Å². The molecule has 2 aliphatic rings. The molecule has 0 radical (unpaired) electrons. The zero-order valence-corrected chi connectivity index (χ0v) is 22.5. The average molecular weight is 537 g/mol. The molecule has 0 bridgehead atoms. The predicted octanol–water partition coefficient (Wildman–Crippen LogP) is 6.60. The van der Waals surface area contributed by atoms with Crippen molar-refractivity contribution in [3.8, 4) is 11.5 Å². The number of halogens is 2. The molecule has 3 heterocycles. The van der Waals surface area contributed by atoms with Crippen molar-refractivity contribution in [2.24, 2.45) is 0 Å². The van der Waals surface area contributed by atoms with Crippen molar-refractivity contribution in [3.63, 3.8) is 0 Å². The highest BCUT2D eigenvalue weighted by atomic mass is 35.5. The fraction of sp³-hybridized carbons (Fsp3) is 0.367. The molecule has 0 spiro atoms. The van der Waals surface area contributed by atoms with Crippen molar-refractivity contribution in [2.75, 3.05) is 38.6 Å². The number of hydrogen-bond acceptors (Lipinski definition) is 6. The number of phenols is 1. The zero-order chi connectivity index (χ0) is 25.4. The Morgan fingerprint density at radius 1 is 0.842 bits per heavy atom. The van der Waals surface area contributed by atoms with Crippen LogP contribution in [-0.4, -0.2) is 53.2 Å². The molecule has 0 atom stereocenters. The van der Waals surface area contributed by atoms with Gasteiger partial charge in [-0.25, -0.2) is 9.37 Å². The van der Waals surface area contributed by atoms with Gasteiger partial charge in [0.2, 0.25) is 0 Å². The highest BCUT2D eigenvalue weighted by molar-refractivity contribution is 6.09. The van der Waals surface area contributed by atoms with E-state index in [1.54, 1.807) is 13.2 Å². The number of aromatic nitrogens is 1. The Morgan fingerprint density at radius 2 is 1.39 bits per heavy atom. The van der Waals surface area contributed by atoms with Crippen LogP contribution in [0.15, 0.2) is 48.5 Å². The van der Waals surface area contributed by atoms with Gasteiger partial charge in [-0.3, -0.25) is 9.80 Å². The first kappa shape index (κ1) is 26.5. The fourth-order valence-corrected chi connectivity index (χ4v) is 5.74. The van der Waals surface area contributed by atoms with Gasteiger partial charge in [-0.15, -0.1) is 12.4 Å². The van der Waals surface area contributed by atoms with Crippen LogP contribution in [0.25, 0.3) is 21.8 Å². The van der Waals surface area contributed by atoms with Gasteiger partial charge < -0.3 is 15.2 Å². The van der Waals surface area contributed by atoms with Crippen LogP contribution in [0.5, 0.6) is 11.5 Å². The van der Waals surface area contributed by atoms with E-state index in [-0.39, 0.29) is 18.2 Å². The van der Waals surface area contributed by atoms with E-state index < -0.39 is 0 Å². The van der Waals surface area contributed by atoms with E-state index in [9.17, 15) is 9.50 Å². The lowest BCUT2D eigenvalue weighted by Gasteiger charge is -2.22. The van der Waals surface area contributed by atoms with Crippen molar-refractivity contribution in [1.82, 2.24) is 14.8 Å². The number of ether oxygens (including phenoxy) is 1. The molecule has 0 amide bonds. The molecule has 200 valence electrons. The molecule has 8 heteroatoms. The second kappa shape index (κ2) is 11.3. The van der Waals surface area contributed by atoms with E-state index >= 15 is 0 Å². The second-order valence-electron chi connectivity index (χ2n) is 10.3. The van der Waals surface area contributed by atoms with Crippen LogP contribution >= 0.6 is 12.4 Å². The first-order valence-corrected chi connectivity index (χ1v) is 13.2. The summed E-state index contributed by atoms with van der Waals surface area (Å²) < 4.78 is 19.9. The third kappa shape index (κ3) is 5.37. The molecule has 3 aromatic carbocycles. The largest absolute Gasteiger partial charge is 0.507 e. The lowest BCUT2D eigenvalue weighted by Crippen LogP contribution is -2.20. The minimum absolute atomic E-state index is 0. The first-order valence-electron chi connectivity index (χ1n) is 13.2. The van der Waals surface area contributed by atoms with E-state index in [2.05, 4.69) is 15.1 Å². The second-order valence-corrected chi connectivity index (χ2v) is 10.3. The van der Waals surface area contributed by atoms with Crippen molar-refractivity contribution in [3.05, 3.63) is 65.5 Å². The summed E-state index contributed by atoms with van der Waals surface area (Å²) in [5.41, 5.74) is 5.02. The molecule has 38 heavy (non-hydrogen) atoms. The Hall–Kier alpha value is -3.13. The summed E-state index contributed by atoms with van der Waals surface area (Å²) in [4.78, 5) is 9.56. The zero-order valence-electron chi connectivity index (χ0n) is 21.7. The van der Waals surface area contributed by atoms with Crippen molar-refractivity contribution in [2.45, 2.75) is 38.8 Å². The number of pyridine rings is 1. The van der Waals surface area contributed by atoms with E-state index in [4.69, 9.17) is 9.72 Å². The molecule has 0 aliphatic carbocycles. The van der Waals surface area contributed by atoms with Crippen LogP contribution in [0, 0.1) is 5.82 Å². The molecular weight excluding hydrogens is 503 g/mol. The maximum Gasteiger partial charge on any atom is 0.124 e. The maximum atomic E-state index is 14.4. The Labute approximate surface area is 228 Å². The molecule has 6 rings (SSSR count). The number of nitrogens with one attached hydrogen (secondary N) is 1. The van der Waals surface area contributed by atoms with Gasteiger partial charge in [0.05, 0.1) is 23.8 Å². The van der Waals surface area contributed by atoms with Crippen LogP contribution in [0.2, 0.25) is 0 Å². The van der Waals surface area contributed by atoms with E-state index in [1.807, 2.05) is 30.3 Å². The maximum absolute atomic E-state index is 14.4. The van der Waals surface area contributed by atoms with E-state index in [0.29, 0.717) is 30.0 Å². The van der Waals surface area contributed by atoms with Gasteiger partial charge in [0.15, 0.2) is 0 Å². The lowest BCUT2D eigenvalue weighted by molar-refractivity contribution is 0.312. The summed E-state index contributed by atoms with van der Waals surface area (Å²) in [6, 6.07) is 14.5. The standard InChI is InChI=1S/C30H33FN4O2.ClH/c1-37-24-7-9-28-26(17-24)29(25-16-22(31)6-8-27(25)33-28)32-23-14-20(18-34-10-2-3-11-34)30(36)21(15-23)19-35-12-4-5-13-35;/h6-9,14-17,36H,2-5,10-13,18-19H2,1H3,(H,32,33);1H. The summed E-state index contributed by atoms with van der Waals surface area (Å²) in [5.74, 6) is 0.791. The molecule has 4 aromatic rings. The molecule has 0 saturated carbocycles. The summed E-state index contributed by atoms with van der Waals surface area (Å²) >= 11 is 0. The molecule has 1 aromatic heterocycles. The van der Waals surface area contributed by atoms with Gasteiger partial charge in [-0.05, 0) is 100 Å². The number of nitrogens with zero attached hydrogens (tertiary/aromatic N) is 3. The van der Waals surface area contributed by atoms with Crippen molar-refractivity contribution in [1.29, 1.82) is 0 Å². The number of benzene rings is 3. The number of hydrogen-bond donors (Lipinski definition) is 2. The predicted molar refractivity (Wildman–Crippen MR) is 153 cm³/mol. The Kier molecular flexibility index (Phi) is 7.88. The van der Waals surface area contributed by atoms with Crippen LogP contribution in [0.4, 0.5) is 15.8 Å². The molecular formula is C30H34ClFN4O2. The van der Waals surface area contributed by atoms with Gasteiger partial charge >= 0.3 is 0 Å². The van der Waals surface area contributed by atoms with E-state index in [1.165, 1.54) is 37.8 Å². The van der Waals surface area contributed by atoms with Crippen LogP contribution in [0.3, 0.4) is 0 Å². The van der Waals surface area contributed by atoms with Crippen molar-refractivity contribution < 1.29 is 14.2 Å². The van der Waals surface area contributed by atoms with Gasteiger partial charge in [0.25, 0.3) is 0 Å². The highest BCUT2D eigenvalue weighted by Gasteiger charge is 2.20. The van der Waals surface area contributed by atoms with Crippen LogP contribution in [-0.2, 0) is 13.1 Å². The minimum atomic E-state index is -0.310. The van der Waals surface area contributed by atoms with Crippen molar-refractivity contribution >= 4 is 45.6 Å². The summed E-state index contributed by atoms with van der Waals surface area (Å²) in [6.07, 6.45) is 4.78. The normalized spacial score (nSPS) is 16.3. The number of aromatic hydroxyl groups is 1. The Bertz CT molecular complexity index is 1410. The number of anilines is 2. The molecule has 2 N–H and O–H groups in total. The number of phenolic OH excluding ortho intramolecular Hbond substituents is 1. The molecule has 2 aliphatic heterocycles. The van der Waals surface area contributed by atoms with Gasteiger partial charge in [-0.2, -0.15) is 0 Å². The quantitative estimate of drug-likeness (QED) is 0.205. The Balaban J connectivity index is 0.00000294. The highest BCUT2D eigenvalue weighted by Crippen LogP contribution is 2.38. The third-order valence-electron chi connectivity index (χ3n) is 7.66. The monoisotopic (exact) mass is 536 g/mol. The smallest absolute Gasteiger partial charge is 0.124 e. The first-order chi connectivity index (χ1) is 18.1. The fourth-order valence-electron chi connectivity index (χ4n) is 5.74. The van der Waals surface area contributed by atoms with Crippen LogP contribution < -0.4 is 10.1 Å².